The van der Waals surface area contributed by atoms with Gasteiger partial charge in [-0.25, -0.2) is 4.99 Å². The molecule has 3 rings (SSSR count). The van der Waals surface area contributed by atoms with Crippen molar-refractivity contribution in [2.24, 2.45) is 4.99 Å². The second kappa shape index (κ2) is 5.00. The Labute approximate surface area is 122 Å². The Morgan fingerprint density at radius 1 is 1.33 bits per heavy atom. The number of benzene rings is 1. The number of aromatic hydroxyl groups is 1. The van der Waals surface area contributed by atoms with Gasteiger partial charge in [-0.2, -0.15) is 5.26 Å². The van der Waals surface area contributed by atoms with Gasteiger partial charge in [-0.15, -0.1) is 0 Å². The van der Waals surface area contributed by atoms with Gasteiger partial charge in [0.05, 0.1) is 23.4 Å². The molecule has 2 heterocycles. The lowest BCUT2D eigenvalue weighted by atomic mass is 10.1. The summed E-state index contributed by atoms with van der Waals surface area (Å²) < 4.78 is 1.10. The van der Waals surface area contributed by atoms with Gasteiger partial charge in [0.2, 0.25) is 5.88 Å². The lowest BCUT2D eigenvalue weighted by Crippen LogP contribution is -2.22. The van der Waals surface area contributed by atoms with E-state index in [9.17, 15) is 14.7 Å². The van der Waals surface area contributed by atoms with E-state index in [2.05, 4.69) is 4.99 Å². The largest absolute Gasteiger partial charge is 0.493 e. The summed E-state index contributed by atoms with van der Waals surface area (Å²) in [7, 11) is 0. The second-order valence-corrected chi connectivity index (χ2v) is 5.35. The minimum absolute atomic E-state index is 0.0952. The first-order valence-electron chi connectivity index (χ1n) is 6.16. The molecule has 1 aromatic carbocycles. The molecule has 21 heavy (non-hydrogen) atoms. The van der Waals surface area contributed by atoms with E-state index in [4.69, 9.17) is 5.26 Å². The van der Waals surface area contributed by atoms with Gasteiger partial charge < -0.3 is 5.11 Å². The number of fused-ring (bicyclic) bond motifs is 1. The summed E-state index contributed by atoms with van der Waals surface area (Å²) in [5.41, 5.74) is 0.237. The molecular weight excluding hydrogens is 290 g/mol. The lowest BCUT2D eigenvalue weighted by molar-refractivity contribution is -0.112. The van der Waals surface area contributed by atoms with Crippen LogP contribution in [0.25, 0.3) is 5.57 Å². The van der Waals surface area contributed by atoms with E-state index < -0.39 is 10.8 Å². The molecular formula is C14H9N3O3S. The van der Waals surface area contributed by atoms with Gasteiger partial charge in [0.1, 0.15) is 4.88 Å². The van der Waals surface area contributed by atoms with Gasteiger partial charge in [0.15, 0.2) is 0 Å². The van der Waals surface area contributed by atoms with E-state index >= 15 is 0 Å². The van der Waals surface area contributed by atoms with E-state index in [-0.39, 0.29) is 29.3 Å². The summed E-state index contributed by atoms with van der Waals surface area (Å²) in [5.74, 6) is -0.754. The standard InChI is InChI=1S/C14H9N3O3S/c15-6-3-7-17-13(19)11(21-14(17)20)10-8-4-1-2-5-9(8)16-12(10)18/h1-2,4-5,19H,3,7H2. The number of nitrogens with zero attached hydrogens (tertiary/aromatic N) is 3. The van der Waals surface area contributed by atoms with Crippen molar-refractivity contribution < 1.29 is 9.90 Å². The quantitative estimate of drug-likeness (QED) is 0.855. The topological polar surface area (TPSA) is 95.4 Å². The maximum Gasteiger partial charge on any atom is 0.310 e. The average Bonchev–Trinajstić information content (AvgIpc) is 2.93. The number of hydrogen-bond donors (Lipinski definition) is 1. The average molecular weight is 299 g/mol. The Morgan fingerprint density at radius 2 is 2.10 bits per heavy atom. The summed E-state index contributed by atoms with van der Waals surface area (Å²) in [6, 6.07) is 8.87. The van der Waals surface area contributed by atoms with Crippen molar-refractivity contribution in [1.29, 1.82) is 5.26 Å². The summed E-state index contributed by atoms with van der Waals surface area (Å²) in [5, 5.41) is 19.9. The normalized spacial score (nSPS) is 12.9. The van der Waals surface area contributed by atoms with Crippen LogP contribution in [0.5, 0.6) is 5.88 Å². The number of carbonyl (C=O) groups is 1. The highest BCUT2D eigenvalue weighted by molar-refractivity contribution is 7.11. The van der Waals surface area contributed by atoms with E-state index in [0.29, 0.717) is 10.6 Å². The Bertz CT molecular complexity index is 963. The fourth-order valence-corrected chi connectivity index (χ4v) is 3.16. The maximum atomic E-state index is 12.0. The Balaban J connectivity index is 2.25. The van der Waals surface area contributed by atoms with Crippen LogP contribution in [0.15, 0.2) is 34.1 Å². The lowest BCUT2D eigenvalue weighted by Gasteiger charge is -2.01. The molecule has 0 saturated carbocycles. The van der Waals surface area contributed by atoms with Gasteiger partial charge >= 0.3 is 4.87 Å². The van der Waals surface area contributed by atoms with Crippen LogP contribution >= 0.6 is 11.3 Å². The molecule has 0 unspecified atom stereocenters. The van der Waals surface area contributed by atoms with Gasteiger partial charge in [-0.3, -0.25) is 14.2 Å². The Kier molecular flexibility index (Phi) is 3.16. The number of para-hydroxylation sites is 1. The van der Waals surface area contributed by atoms with Crippen LogP contribution in [0.3, 0.4) is 0 Å². The SMILES string of the molecule is N#CCCn1c(O)c(C2=c3ccccc3=NC2=O)sc1=O. The van der Waals surface area contributed by atoms with Crippen LogP contribution in [-0.2, 0) is 11.3 Å². The molecule has 0 atom stereocenters. The van der Waals surface area contributed by atoms with Crippen LogP contribution in [-0.4, -0.2) is 15.6 Å². The molecule has 2 aromatic rings. The van der Waals surface area contributed by atoms with Gasteiger partial charge in [-0.1, -0.05) is 29.5 Å². The molecule has 6 nitrogen and oxygen atoms in total. The molecule has 1 aromatic heterocycles. The van der Waals surface area contributed by atoms with Gasteiger partial charge in [0, 0.05) is 11.8 Å². The van der Waals surface area contributed by atoms with E-state index in [1.807, 2.05) is 6.07 Å². The summed E-state index contributed by atoms with van der Waals surface area (Å²) in [4.78, 5) is 27.7. The third kappa shape index (κ3) is 2.06. The van der Waals surface area contributed by atoms with Gasteiger partial charge in [0.25, 0.3) is 5.91 Å². The van der Waals surface area contributed by atoms with Gasteiger partial charge in [-0.05, 0) is 6.07 Å². The third-order valence-electron chi connectivity index (χ3n) is 3.15. The first-order chi connectivity index (χ1) is 10.1. The van der Waals surface area contributed by atoms with Crippen LogP contribution in [0.1, 0.15) is 11.3 Å². The van der Waals surface area contributed by atoms with Crippen LogP contribution < -0.4 is 15.4 Å². The highest BCUT2D eigenvalue weighted by Crippen LogP contribution is 2.28. The first kappa shape index (κ1) is 13.3. The zero-order valence-corrected chi connectivity index (χ0v) is 11.6. The molecule has 1 aliphatic heterocycles. The minimum Gasteiger partial charge on any atom is -0.493 e. The number of amides is 1. The third-order valence-corrected chi connectivity index (χ3v) is 4.14. The van der Waals surface area contributed by atoms with Crippen molar-refractivity contribution >= 4 is 22.8 Å². The molecule has 1 N–H and O–H groups in total. The van der Waals surface area contributed by atoms with Crippen molar-refractivity contribution in [2.75, 3.05) is 0 Å². The van der Waals surface area contributed by atoms with E-state index in [1.165, 1.54) is 0 Å². The predicted octanol–water partition coefficient (Wildman–Crippen LogP) is -0.112. The predicted molar refractivity (Wildman–Crippen MR) is 75.2 cm³/mol. The number of rotatable bonds is 3. The zero-order valence-electron chi connectivity index (χ0n) is 10.7. The molecule has 1 amide bonds. The second-order valence-electron chi connectivity index (χ2n) is 4.39. The van der Waals surface area contributed by atoms with Crippen molar-refractivity contribution in [2.45, 2.75) is 13.0 Å². The summed E-state index contributed by atoms with van der Waals surface area (Å²) in [6.07, 6.45) is 0.105. The number of hydrogen-bond acceptors (Lipinski definition) is 5. The molecule has 0 bridgehead atoms. The molecule has 0 fully saturated rings. The zero-order chi connectivity index (χ0) is 15.0. The minimum atomic E-state index is -0.472. The molecule has 7 heteroatoms. The van der Waals surface area contributed by atoms with Crippen molar-refractivity contribution in [3.8, 4) is 11.9 Å². The smallest absolute Gasteiger partial charge is 0.310 e. The van der Waals surface area contributed by atoms with Crippen molar-refractivity contribution in [3.05, 3.63) is 49.4 Å². The van der Waals surface area contributed by atoms with Crippen LogP contribution in [0, 0.1) is 11.3 Å². The van der Waals surface area contributed by atoms with Crippen LogP contribution in [0.2, 0.25) is 0 Å². The molecule has 0 saturated heterocycles. The number of nitriles is 1. The number of aromatic nitrogens is 1. The highest BCUT2D eigenvalue weighted by Gasteiger charge is 2.25. The van der Waals surface area contributed by atoms with Crippen molar-refractivity contribution in [3.63, 3.8) is 0 Å². The fourth-order valence-electron chi connectivity index (χ4n) is 2.20. The number of thiazole rings is 1. The first-order valence-corrected chi connectivity index (χ1v) is 6.97. The molecule has 0 aliphatic carbocycles. The molecule has 0 radical (unpaired) electrons. The van der Waals surface area contributed by atoms with Crippen molar-refractivity contribution in [1.82, 2.24) is 4.57 Å². The fraction of sp³-hybridized carbons (Fsp3) is 0.143. The highest BCUT2D eigenvalue weighted by atomic mass is 32.1. The Morgan fingerprint density at radius 3 is 2.86 bits per heavy atom. The summed E-state index contributed by atoms with van der Waals surface area (Å²) >= 11 is 0.786. The molecule has 104 valence electrons. The maximum absolute atomic E-state index is 12.0. The van der Waals surface area contributed by atoms with E-state index in [1.54, 1.807) is 24.3 Å². The molecule has 0 spiro atoms. The van der Waals surface area contributed by atoms with E-state index in [0.717, 1.165) is 15.9 Å². The number of carbonyl (C=O) groups excluding carboxylic acids is 1. The summed E-state index contributed by atoms with van der Waals surface area (Å²) in [6.45, 7) is 0.0952. The Hall–Kier alpha value is -2.72. The molecule has 1 aliphatic rings. The monoisotopic (exact) mass is 299 g/mol. The van der Waals surface area contributed by atoms with Crippen LogP contribution in [0.4, 0.5) is 0 Å².